The van der Waals surface area contributed by atoms with E-state index in [9.17, 15) is 4.79 Å². The minimum atomic E-state index is -0.203. The number of anilines is 2. The lowest BCUT2D eigenvalue weighted by Crippen LogP contribution is -2.44. The molecule has 0 unspecified atom stereocenters. The number of nitrogens with one attached hydrogen (secondary N) is 2. The first-order chi connectivity index (χ1) is 14.7. The van der Waals surface area contributed by atoms with Gasteiger partial charge in [0, 0.05) is 41.9 Å². The minimum Gasteiger partial charge on any atom is -0.348 e. The standard InChI is InChI=1S/C23H24ClN5O/c24-18-5-1-6-19(14-18)28-23(30)21-7-3-11-27-22(21)29(20-8-12-25-13-9-20)16-17-4-2-10-26-15-17/h1-7,10-11,14-15,20,25H,8-9,12-13,16H2,(H,28,30). The molecule has 1 aromatic carbocycles. The second-order valence-corrected chi connectivity index (χ2v) is 7.75. The summed E-state index contributed by atoms with van der Waals surface area (Å²) in [6.07, 6.45) is 7.35. The van der Waals surface area contributed by atoms with E-state index in [0.29, 0.717) is 34.7 Å². The molecule has 1 fully saturated rings. The van der Waals surface area contributed by atoms with E-state index < -0.39 is 0 Å². The SMILES string of the molecule is O=C(Nc1cccc(Cl)c1)c1cccnc1N(Cc1cccnc1)C1CCNCC1. The Morgan fingerprint density at radius 1 is 1.13 bits per heavy atom. The van der Waals surface area contributed by atoms with Crippen molar-refractivity contribution < 1.29 is 4.79 Å². The second-order valence-electron chi connectivity index (χ2n) is 7.31. The molecular formula is C23H24ClN5O. The third kappa shape index (κ3) is 4.96. The van der Waals surface area contributed by atoms with Gasteiger partial charge in [0.1, 0.15) is 5.82 Å². The van der Waals surface area contributed by atoms with Crippen LogP contribution in [-0.2, 0) is 6.54 Å². The molecule has 2 N–H and O–H groups in total. The molecule has 4 rings (SSSR count). The van der Waals surface area contributed by atoms with Crippen LogP contribution in [0.5, 0.6) is 0 Å². The van der Waals surface area contributed by atoms with Crippen molar-refractivity contribution in [2.24, 2.45) is 0 Å². The van der Waals surface area contributed by atoms with Gasteiger partial charge in [0.05, 0.1) is 5.56 Å². The van der Waals surface area contributed by atoms with Crippen molar-refractivity contribution in [3.8, 4) is 0 Å². The van der Waals surface area contributed by atoms with Gasteiger partial charge < -0.3 is 15.5 Å². The van der Waals surface area contributed by atoms with Crippen LogP contribution in [0.25, 0.3) is 0 Å². The quantitative estimate of drug-likeness (QED) is 0.626. The first kappa shape index (κ1) is 20.3. The van der Waals surface area contributed by atoms with Crippen molar-refractivity contribution in [3.05, 3.63) is 83.3 Å². The van der Waals surface area contributed by atoms with Crippen LogP contribution in [0, 0.1) is 0 Å². The van der Waals surface area contributed by atoms with E-state index in [0.717, 1.165) is 31.5 Å². The maximum atomic E-state index is 13.1. The molecule has 0 aliphatic carbocycles. The lowest BCUT2D eigenvalue weighted by molar-refractivity contribution is 0.102. The van der Waals surface area contributed by atoms with Gasteiger partial charge in [0.25, 0.3) is 5.91 Å². The number of pyridine rings is 2. The molecular weight excluding hydrogens is 398 g/mol. The molecule has 1 aliphatic heterocycles. The van der Waals surface area contributed by atoms with E-state index in [1.165, 1.54) is 0 Å². The highest BCUT2D eigenvalue weighted by atomic mass is 35.5. The number of carbonyl (C=O) groups is 1. The molecule has 2 aromatic heterocycles. The molecule has 0 atom stereocenters. The normalized spacial score (nSPS) is 14.3. The predicted octanol–water partition coefficient (Wildman–Crippen LogP) is 4.14. The van der Waals surface area contributed by atoms with E-state index in [-0.39, 0.29) is 5.91 Å². The maximum absolute atomic E-state index is 13.1. The van der Waals surface area contributed by atoms with Crippen LogP contribution in [0.15, 0.2) is 67.1 Å². The predicted molar refractivity (Wildman–Crippen MR) is 120 cm³/mol. The van der Waals surface area contributed by atoms with Crippen LogP contribution in [0.1, 0.15) is 28.8 Å². The number of carbonyl (C=O) groups excluding carboxylic acids is 1. The molecule has 30 heavy (non-hydrogen) atoms. The molecule has 7 heteroatoms. The van der Waals surface area contributed by atoms with E-state index in [4.69, 9.17) is 11.6 Å². The topological polar surface area (TPSA) is 70.2 Å². The second kappa shape index (κ2) is 9.69. The molecule has 154 valence electrons. The van der Waals surface area contributed by atoms with Gasteiger partial charge in [0.2, 0.25) is 0 Å². The van der Waals surface area contributed by atoms with Gasteiger partial charge in [-0.05, 0) is 67.9 Å². The van der Waals surface area contributed by atoms with Gasteiger partial charge in [-0.3, -0.25) is 9.78 Å². The Morgan fingerprint density at radius 2 is 1.97 bits per heavy atom. The summed E-state index contributed by atoms with van der Waals surface area (Å²) in [6, 6.07) is 15.0. The minimum absolute atomic E-state index is 0.203. The van der Waals surface area contributed by atoms with Crippen molar-refractivity contribution in [3.63, 3.8) is 0 Å². The summed E-state index contributed by atoms with van der Waals surface area (Å²) in [5.41, 5.74) is 2.28. The van der Waals surface area contributed by atoms with Gasteiger partial charge in [-0.15, -0.1) is 0 Å². The number of hydrogen-bond donors (Lipinski definition) is 2. The molecule has 0 spiro atoms. The van der Waals surface area contributed by atoms with Crippen LogP contribution in [0.3, 0.4) is 0 Å². The molecule has 1 amide bonds. The summed E-state index contributed by atoms with van der Waals surface area (Å²) in [5, 5.41) is 6.93. The van der Waals surface area contributed by atoms with Gasteiger partial charge in [0.15, 0.2) is 0 Å². The fourth-order valence-electron chi connectivity index (χ4n) is 3.75. The fraction of sp³-hybridized carbons (Fsp3) is 0.261. The number of amides is 1. The van der Waals surface area contributed by atoms with Crippen molar-refractivity contribution >= 4 is 29.0 Å². The lowest BCUT2D eigenvalue weighted by atomic mass is 10.0. The molecule has 1 saturated heterocycles. The largest absolute Gasteiger partial charge is 0.348 e. The van der Waals surface area contributed by atoms with Gasteiger partial charge >= 0.3 is 0 Å². The third-order valence-corrected chi connectivity index (χ3v) is 5.45. The summed E-state index contributed by atoms with van der Waals surface area (Å²) in [7, 11) is 0. The van der Waals surface area contributed by atoms with Crippen molar-refractivity contribution in [1.82, 2.24) is 15.3 Å². The van der Waals surface area contributed by atoms with E-state index in [1.54, 1.807) is 30.6 Å². The molecule has 1 aliphatic rings. The zero-order chi connectivity index (χ0) is 20.8. The molecule has 0 radical (unpaired) electrons. The van der Waals surface area contributed by atoms with Crippen molar-refractivity contribution in [1.29, 1.82) is 0 Å². The van der Waals surface area contributed by atoms with Crippen LogP contribution < -0.4 is 15.5 Å². The highest BCUT2D eigenvalue weighted by Crippen LogP contribution is 2.27. The van der Waals surface area contributed by atoms with Gasteiger partial charge in [-0.1, -0.05) is 23.7 Å². The summed E-state index contributed by atoms with van der Waals surface area (Å²) < 4.78 is 0. The first-order valence-corrected chi connectivity index (χ1v) is 10.5. The van der Waals surface area contributed by atoms with Crippen LogP contribution in [0.2, 0.25) is 5.02 Å². The van der Waals surface area contributed by atoms with E-state index >= 15 is 0 Å². The zero-order valence-electron chi connectivity index (χ0n) is 16.6. The van der Waals surface area contributed by atoms with Gasteiger partial charge in [-0.2, -0.15) is 0 Å². The summed E-state index contributed by atoms with van der Waals surface area (Å²) in [5.74, 6) is 0.485. The zero-order valence-corrected chi connectivity index (χ0v) is 17.3. The number of piperidine rings is 1. The average molecular weight is 422 g/mol. The summed E-state index contributed by atoms with van der Waals surface area (Å²) in [6.45, 7) is 2.54. The average Bonchev–Trinajstić information content (AvgIpc) is 2.79. The lowest BCUT2D eigenvalue weighted by Gasteiger charge is -2.36. The third-order valence-electron chi connectivity index (χ3n) is 5.21. The number of hydrogen-bond acceptors (Lipinski definition) is 5. The first-order valence-electron chi connectivity index (χ1n) is 10.1. The number of rotatable bonds is 6. The Bertz CT molecular complexity index is 992. The molecule has 0 bridgehead atoms. The highest BCUT2D eigenvalue weighted by molar-refractivity contribution is 6.31. The molecule has 0 saturated carbocycles. The molecule has 6 nitrogen and oxygen atoms in total. The number of nitrogens with zero attached hydrogens (tertiary/aromatic N) is 3. The Kier molecular flexibility index (Phi) is 6.57. The van der Waals surface area contributed by atoms with Crippen molar-refractivity contribution in [2.75, 3.05) is 23.3 Å². The monoisotopic (exact) mass is 421 g/mol. The molecule has 3 heterocycles. The highest BCUT2D eigenvalue weighted by Gasteiger charge is 2.26. The smallest absolute Gasteiger partial charge is 0.259 e. The maximum Gasteiger partial charge on any atom is 0.259 e. The van der Waals surface area contributed by atoms with Crippen LogP contribution in [-0.4, -0.2) is 35.0 Å². The van der Waals surface area contributed by atoms with E-state index in [1.807, 2.05) is 30.5 Å². The number of halogens is 1. The number of benzene rings is 1. The summed E-state index contributed by atoms with van der Waals surface area (Å²) >= 11 is 6.06. The summed E-state index contributed by atoms with van der Waals surface area (Å²) in [4.78, 5) is 24.3. The fourth-order valence-corrected chi connectivity index (χ4v) is 3.94. The van der Waals surface area contributed by atoms with Crippen molar-refractivity contribution in [2.45, 2.75) is 25.4 Å². The molecule has 3 aromatic rings. The van der Waals surface area contributed by atoms with Crippen LogP contribution >= 0.6 is 11.6 Å². The van der Waals surface area contributed by atoms with E-state index in [2.05, 4.69) is 31.6 Å². The Balaban J connectivity index is 1.65. The van der Waals surface area contributed by atoms with Crippen LogP contribution in [0.4, 0.5) is 11.5 Å². The Hall–Kier alpha value is -2.96. The Labute approximate surface area is 181 Å². The Morgan fingerprint density at radius 3 is 2.73 bits per heavy atom. The van der Waals surface area contributed by atoms with Gasteiger partial charge in [-0.25, -0.2) is 4.98 Å². The number of aromatic nitrogens is 2.